The van der Waals surface area contributed by atoms with Gasteiger partial charge in [0.2, 0.25) is 15.9 Å². The predicted molar refractivity (Wildman–Crippen MR) is 99.1 cm³/mol. The van der Waals surface area contributed by atoms with Crippen LogP contribution in [0.15, 0.2) is 24.3 Å². The number of aliphatic hydroxyl groups is 1. The van der Waals surface area contributed by atoms with E-state index in [-0.39, 0.29) is 0 Å². The smallest absolute Gasteiger partial charge is 0.243 e. The molecule has 8 heteroatoms. The molecule has 1 fully saturated rings. The SMILES string of the molecule is Cc1ccc([C@@H](O)[C@H](NS(=O)(=O)C(C)(C)C)C(=O)N2CCOCC2)cc1. The Morgan fingerprint density at radius 3 is 2.23 bits per heavy atom. The number of carbonyl (C=O) groups is 1. The number of hydrogen-bond donors (Lipinski definition) is 2. The lowest BCUT2D eigenvalue weighted by Crippen LogP contribution is -2.56. The van der Waals surface area contributed by atoms with Crippen molar-refractivity contribution in [3.8, 4) is 0 Å². The minimum absolute atomic E-state index is 0.368. The third-order valence-electron chi connectivity index (χ3n) is 4.41. The van der Waals surface area contributed by atoms with Crippen LogP contribution in [0, 0.1) is 6.92 Å². The van der Waals surface area contributed by atoms with Gasteiger partial charge in [0.15, 0.2) is 0 Å². The van der Waals surface area contributed by atoms with Crippen LogP contribution in [0.2, 0.25) is 0 Å². The lowest BCUT2D eigenvalue weighted by Gasteiger charge is -2.34. The van der Waals surface area contributed by atoms with Gasteiger partial charge in [-0.25, -0.2) is 8.42 Å². The molecule has 146 valence electrons. The molecular weight excluding hydrogens is 356 g/mol. The zero-order valence-corrected chi connectivity index (χ0v) is 16.5. The molecule has 2 rings (SSSR count). The van der Waals surface area contributed by atoms with Gasteiger partial charge in [0.25, 0.3) is 0 Å². The molecule has 2 atom stereocenters. The number of amides is 1. The third kappa shape index (κ3) is 4.82. The molecule has 0 radical (unpaired) electrons. The van der Waals surface area contributed by atoms with Crippen molar-refractivity contribution in [1.82, 2.24) is 9.62 Å². The number of sulfonamides is 1. The van der Waals surface area contributed by atoms with E-state index in [0.717, 1.165) is 5.56 Å². The average Bonchev–Trinajstić information content (AvgIpc) is 2.59. The van der Waals surface area contributed by atoms with Crippen molar-refractivity contribution < 1.29 is 23.1 Å². The highest BCUT2D eigenvalue weighted by Gasteiger charge is 2.39. The van der Waals surface area contributed by atoms with Crippen molar-refractivity contribution in [2.24, 2.45) is 0 Å². The molecule has 1 aliphatic rings. The summed E-state index contributed by atoms with van der Waals surface area (Å²) in [5.41, 5.74) is 1.49. The Kier molecular flexibility index (Phi) is 6.44. The Bertz CT molecular complexity index is 719. The zero-order valence-electron chi connectivity index (χ0n) is 15.7. The predicted octanol–water partition coefficient (Wildman–Crippen LogP) is 0.974. The summed E-state index contributed by atoms with van der Waals surface area (Å²) in [5.74, 6) is -0.450. The standard InChI is InChI=1S/C18H28N2O5S/c1-13-5-7-14(8-6-13)16(21)15(19-26(23,24)18(2,3)4)17(22)20-9-11-25-12-10-20/h5-8,15-16,19,21H,9-12H2,1-4H3/t15-,16+/m0/s1. The van der Waals surface area contributed by atoms with E-state index in [9.17, 15) is 18.3 Å². The van der Waals surface area contributed by atoms with Crippen molar-refractivity contribution in [3.05, 3.63) is 35.4 Å². The van der Waals surface area contributed by atoms with Gasteiger partial charge in [-0.1, -0.05) is 29.8 Å². The van der Waals surface area contributed by atoms with Crippen LogP contribution >= 0.6 is 0 Å². The quantitative estimate of drug-likeness (QED) is 0.789. The lowest BCUT2D eigenvalue weighted by molar-refractivity contribution is -0.139. The molecule has 0 bridgehead atoms. The van der Waals surface area contributed by atoms with Crippen molar-refractivity contribution in [3.63, 3.8) is 0 Å². The molecule has 1 aromatic carbocycles. The summed E-state index contributed by atoms with van der Waals surface area (Å²) in [6, 6.07) is 5.73. The molecule has 1 aliphatic heterocycles. The van der Waals surface area contributed by atoms with E-state index < -0.39 is 32.8 Å². The van der Waals surface area contributed by atoms with Crippen LogP contribution in [0.25, 0.3) is 0 Å². The van der Waals surface area contributed by atoms with Gasteiger partial charge in [0, 0.05) is 13.1 Å². The Morgan fingerprint density at radius 1 is 1.19 bits per heavy atom. The number of aliphatic hydroxyl groups excluding tert-OH is 1. The summed E-state index contributed by atoms with van der Waals surface area (Å²) >= 11 is 0. The average molecular weight is 384 g/mol. The van der Waals surface area contributed by atoms with Gasteiger partial charge in [0.1, 0.15) is 12.1 Å². The van der Waals surface area contributed by atoms with Crippen LogP contribution in [0.5, 0.6) is 0 Å². The molecule has 26 heavy (non-hydrogen) atoms. The van der Waals surface area contributed by atoms with Gasteiger partial charge >= 0.3 is 0 Å². The van der Waals surface area contributed by atoms with Gasteiger partial charge in [-0.15, -0.1) is 0 Å². The molecule has 0 aromatic heterocycles. The van der Waals surface area contributed by atoms with E-state index in [0.29, 0.717) is 31.9 Å². The van der Waals surface area contributed by atoms with Gasteiger partial charge < -0.3 is 14.7 Å². The fourth-order valence-corrected chi connectivity index (χ4v) is 3.45. The maximum Gasteiger partial charge on any atom is 0.243 e. The summed E-state index contributed by atoms with van der Waals surface area (Å²) in [6.07, 6.45) is -1.29. The fourth-order valence-electron chi connectivity index (χ4n) is 2.53. The van der Waals surface area contributed by atoms with E-state index in [1.54, 1.807) is 32.9 Å². The number of rotatable bonds is 5. The first-order chi connectivity index (χ1) is 12.0. The lowest BCUT2D eigenvalue weighted by atomic mass is 10.0. The Morgan fingerprint density at radius 2 is 1.73 bits per heavy atom. The Hall–Kier alpha value is -1.48. The Labute approximate surface area is 155 Å². The minimum atomic E-state index is -3.83. The first-order valence-electron chi connectivity index (χ1n) is 8.66. The van der Waals surface area contributed by atoms with Crippen LogP contribution in [-0.2, 0) is 19.6 Å². The van der Waals surface area contributed by atoms with E-state index in [1.807, 2.05) is 19.1 Å². The number of ether oxygens (including phenoxy) is 1. The molecule has 1 saturated heterocycles. The van der Waals surface area contributed by atoms with Crippen LogP contribution in [0.1, 0.15) is 38.0 Å². The van der Waals surface area contributed by atoms with Crippen molar-refractivity contribution in [2.75, 3.05) is 26.3 Å². The number of carbonyl (C=O) groups excluding carboxylic acids is 1. The molecule has 1 heterocycles. The normalized spacial score (nSPS) is 18.4. The number of hydrogen-bond acceptors (Lipinski definition) is 5. The second kappa shape index (κ2) is 8.04. The molecule has 2 N–H and O–H groups in total. The summed E-state index contributed by atoms with van der Waals surface area (Å²) < 4.78 is 31.8. The highest BCUT2D eigenvalue weighted by atomic mass is 32.2. The van der Waals surface area contributed by atoms with Gasteiger partial charge in [-0.3, -0.25) is 4.79 Å². The van der Waals surface area contributed by atoms with Crippen LogP contribution in [0.3, 0.4) is 0 Å². The van der Waals surface area contributed by atoms with Crippen molar-refractivity contribution in [1.29, 1.82) is 0 Å². The Balaban J connectivity index is 2.34. The zero-order chi connectivity index (χ0) is 19.5. The third-order valence-corrected chi connectivity index (χ3v) is 6.59. The summed E-state index contributed by atoms with van der Waals surface area (Å²) in [4.78, 5) is 14.5. The monoisotopic (exact) mass is 384 g/mol. The molecule has 0 saturated carbocycles. The fraction of sp³-hybridized carbons (Fsp3) is 0.611. The van der Waals surface area contributed by atoms with Gasteiger partial charge in [-0.2, -0.15) is 4.72 Å². The summed E-state index contributed by atoms with van der Waals surface area (Å²) in [5, 5.41) is 10.8. The van der Waals surface area contributed by atoms with Crippen molar-refractivity contribution in [2.45, 2.75) is 44.6 Å². The minimum Gasteiger partial charge on any atom is -0.386 e. The topological polar surface area (TPSA) is 95.9 Å². The van der Waals surface area contributed by atoms with E-state index in [4.69, 9.17) is 4.74 Å². The first-order valence-corrected chi connectivity index (χ1v) is 10.1. The molecule has 0 aliphatic carbocycles. The summed E-state index contributed by atoms with van der Waals surface area (Å²) in [7, 11) is -3.83. The number of nitrogens with zero attached hydrogens (tertiary/aromatic N) is 1. The molecule has 1 amide bonds. The van der Waals surface area contributed by atoms with Crippen LogP contribution in [0.4, 0.5) is 0 Å². The van der Waals surface area contributed by atoms with E-state index >= 15 is 0 Å². The van der Waals surface area contributed by atoms with E-state index in [1.165, 1.54) is 4.90 Å². The molecular formula is C18H28N2O5S. The summed E-state index contributed by atoms with van der Waals surface area (Å²) in [6.45, 7) is 8.07. The number of benzene rings is 1. The maximum absolute atomic E-state index is 13.0. The molecule has 0 unspecified atom stereocenters. The van der Waals surface area contributed by atoms with E-state index in [2.05, 4.69) is 4.72 Å². The van der Waals surface area contributed by atoms with Gasteiger partial charge in [0.05, 0.1) is 18.0 Å². The maximum atomic E-state index is 13.0. The van der Waals surface area contributed by atoms with Crippen molar-refractivity contribution >= 4 is 15.9 Å². The second-order valence-electron chi connectivity index (χ2n) is 7.50. The van der Waals surface area contributed by atoms with Gasteiger partial charge in [-0.05, 0) is 33.3 Å². The van der Waals surface area contributed by atoms with Crippen LogP contribution in [-0.4, -0.2) is 61.4 Å². The van der Waals surface area contributed by atoms with Crippen LogP contribution < -0.4 is 4.72 Å². The molecule has 7 nitrogen and oxygen atoms in total. The number of aryl methyl sites for hydroxylation is 1. The molecule has 1 aromatic rings. The second-order valence-corrected chi connectivity index (χ2v) is 9.97. The number of morpholine rings is 1. The number of nitrogens with one attached hydrogen (secondary N) is 1. The highest BCUT2D eigenvalue weighted by molar-refractivity contribution is 7.90. The first kappa shape index (κ1) is 20.8. The highest BCUT2D eigenvalue weighted by Crippen LogP contribution is 2.23. The molecule has 0 spiro atoms. The largest absolute Gasteiger partial charge is 0.386 e.